The van der Waals surface area contributed by atoms with Crippen LogP contribution in [0.5, 0.6) is 0 Å². The Bertz CT molecular complexity index is 1520. The quantitative estimate of drug-likeness (QED) is 0.302. The number of hydrogen-bond donors (Lipinski definition) is 2. The Labute approximate surface area is 204 Å². The Kier molecular flexibility index (Phi) is 5.12. The van der Waals surface area contributed by atoms with Crippen LogP contribution in [-0.2, 0) is 10.0 Å². The molecule has 2 N–H and O–H groups in total. The second-order valence-electron chi connectivity index (χ2n) is 8.91. The van der Waals surface area contributed by atoms with Crippen LogP contribution in [0.3, 0.4) is 0 Å². The van der Waals surface area contributed by atoms with Crippen LogP contribution < -0.4 is 10.0 Å². The predicted octanol–water partition coefficient (Wildman–Crippen LogP) is 7.12. The molecule has 6 heteroatoms. The van der Waals surface area contributed by atoms with E-state index in [9.17, 15) is 8.42 Å². The fourth-order valence-electron chi connectivity index (χ4n) is 5.26. The minimum absolute atomic E-state index is 0.140. The molecule has 2 aliphatic rings. The lowest BCUT2D eigenvalue weighted by Gasteiger charge is -2.37. The summed E-state index contributed by atoms with van der Waals surface area (Å²) < 4.78 is 29.6. The molecule has 0 unspecified atom stereocenters. The van der Waals surface area contributed by atoms with E-state index >= 15 is 0 Å². The topological polar surface area (TPSA) is 58.2 Å². The van der Waals surface area contributed by atoms with Crippen LogP contribution in [0.25, 0.3) is 10.8 Å². The minimum Gasteiger partial charge on any atom is -0.378 e. The highest BCUT2D eigenvalue weighted by Crippen LogP contribution is 2.50. The second-order valence-corrected chi connectivity index (χ2v) is 11.0. The molecule has 34 heavy (non-hydrogen) atoms. The number of fused-ring (bicyclic) bond motifs is 4. The summed E-state index contributed by atoms with van der Waals surface area (Å²) in [5.74, 6) is 0.474. The second kappa shape index (κ2) is 8.19. The molecule has 170 valence electrons. The summed E-state index contributed by atoms with van der Waals surface area (Å²) in [4.78, 5) is 0.268. The van der Waals surface area contributed by atoms with Gasteiger partial charge in [-0.2, -0.15) is 0 Å². The van der Waals surface area contributed by atoms with Crippen molar-refractivity contribution in [2.75, 3.05) is 10.0 Å². The van der Waals surface area contributed by atoms with Crippen LogP contribution in [0, 0.1) is 5.92 Å². The lowest BCUT2D eigenvalue weighted by molar-refractivity contribution is 0.425. The SMILES string of the molecule is O=S(=O)(Nc1cccc2ccccc12)c1ccc2c(c1)[C@H]1C=CC[C@H]1[C@@H](c1ccc(Cl)cc1)N2. The molecule has 0 fully saturated rings. The van der Waals surface area contributed by atoms with Crippen LogP contribution in [0.15, 0.2) is 102 Å². The van der Waals surface area contributed by atoms with Crippen molar-refractivity contribution >= 4 is 43.8 Å². The van der Waals surface area contributed by atoms with Gasteiger partial charge in [0.15, 0.2) is 0 Å². The summed E-state index contributed by atoms with van der Waals surface area (Å²) in [6.07, 6.45) is 5.35. The third-order valence-corrected chi connectivity index (χ3v) is 8.52. The van der Waals surface area contributed by atoms with Crippen LogP contribution in [0.2, 0.25) is 5.02 Å². The average molecular weight is 487 g/mol. The van der Waals surface area contributed by atoms with Crippen molar-refractivity contribution in [3.8, 4) is 0 Å². The van der Waals surface area contributed by atoms with Crippen molar-refractivity contribution in [2.45, 2.75) is 23.3 Å². The molecule has 0 amide bonds. The number of benzene rings is 4. The molecule has 1 heterocycles. The molecule has 0 aromatic heterocycles. The van der Waals surface area contributed by atoms with Crippen molar-refractivity contribution in [1.82, 2.24) is 0 Å². The Morgan fingerprint density at radius 1 is 0.912 bits per heavy atom. The average Bonchev–Trinajstić information content (AvgIpc) is 3.34. The molecule has 4 aromatic rings. The van der Waals surface area contributed by atoms with Gasteiger partial charge >= 0.3 is 0 Å². The summed E-state index contributed by atoms with van der Waals surface area (Å²) in [6.45, 7) is 0. The fraction of sp³-hybridized carbons (Fsp3) is 0.143. The summed E-state index contributed by atoms with van der Waals surface area (Å²) in [5, 5.41) is 6.24. The summed E-state index contributed by atoms with van der Waals surface area (Å²) in [6, 6.07) is 26.9. The van der Waals surface area contributed by atoms with Gasteiger partial charge < -0.3 is 5.32 Å². The zero-order valence-corrected chi connectivity index (χ0v) is 19.9. The van der Waals surface area contributed by atoms with E-state index < -0.39 is 10.0 Å². The summed E-state index contributed by atoms with van der Waals surface area (Å²) >= 11 is 6.10. The number of sulfonamides is 1. The molecule has 0 spiro atoms. The van der Waals surface area contributed by atoms with Crippen molar-refractivity contribution in [2.24, 2.45) is 5.92 Å². The zero-order valence-electron chi connectivity index (χ0n) is 18.3. The molecule has 0 radical (unpaired) electrons. The van der Waals surface area contributed by atoms with Gasteiger partial charge in [0.2, 0.25) is 0 Å². The van der Waals surface area contributed by atoms with E-state index in [2.05, 4.69) is 34.3 Å². The normalized spacial score (nSPS) is 21.0. The minimum atomic E-state index is -3.75. The van der Waals surface area contributed by atoms with Crippen LogP contribution in [0.4, 0.5) is 11.4 Å². The maximum atomic E-state index is 13.4. The van der Waals surface area contributed by atoms with Crippen molar-refractivity contribution < 1.29 is 8.42 Å². The van der Waals surface area contributed by atoms with Gasteiger partial charge in [0, 0.05) is 22.0 Å². The Morgan fingerprint density at radius 2 is 1.71 bits per heavy atom. The Morgan fingerprint density at radius 3 is 2.56 bits per heavy atom. The largest absolute Gasteiger partial charge is 0.378 e. The van der Waals surface area contributed by atoms with Crippen molar-refractivity contribution in [1.29, 1.82) is 0 Å². The molecular weight excluding hydrogens is 464 g/mol. The van der Waals surface area contributed by atoms with Crippen LogP contribution >= 0.6 is 11.6 Å². The van der Waals surface area contributed by atoms with E-state index in [-0.39, 0.29) is 16.9 Å². The van der Waals surface area contributed by atoms with Gasteiger partial charge in [-0.15, -0.1) is 0 Å². The third-order valence-electron chi connectivity index (χ3n) is 6.91. The highest BCUT2D eigenvalue weighted by Gasteiger charge is 2.38. The van der Waals surface area contributed by atoms with E-state index in [1.165, 1.54) is 5.56 Å². The van der Waals surface area contributed by atoms with Gasteiger partial charge in [-0.25, -0.2) is 8.42 Å². The first-order chi connectivity index (χ1) is 16.5. The molecule has 1 aliphatic heterocycles. The Balaban J connectivity index is 1.36. The van der Waals surface area contributed by atoms with E-state index in [4.69, 9.17) is 11.6 Å². The maximum absolute atomic E-state index is 13.4. The zero-order chi connectivity index (χ0) is 23.3. The van der Waals surface area contributed by atoms with Crippen LogP contribution in [0.1, 0.15) is 29.5 Å². The summed E-state index contributed by atoms with van der Waals surface area (Å²) in [7, 11) is -3.75. The van der Waals surface area contributed by atoms with Crippen molar-refractivity contribution in [3.05, 3.63) is 113 Å². The molecule has 3 atom stereocenters. The lowest BCUT2D eigenvalue weighted by Crippen LogP contribution is -2.29. The van der Waals surface area contributed by atoms with Gasteiger partial charge in [-0.3, -0.25) is 4.72 Å². The molecule has 4 nitrogen and oxygen atoms in total. The first-order valence-electron chi connectivity index (χ1n) is 11.3. The molecule has 6 rings (SSSR count). The predicted molar refractivity (Wildman–Crippen MR) is 139 cm³/mol. The number of hydrogen-bond acceptors (Lipinski definition) is 3. The molecular formula is C28H23ClN2O2S. The number of allylic oxidation sites excluding steroid dienone is 2. The number of rotatable bonds is 4. The molecule has 0 bridgehead atoms. The third kappa shape index (κ3) is 3.65. The number of halogens is 1. The van der Waals surface area contributed by atoms with Crippen molar-refractivity contribution in [3.63, 3.8) is 0 Å². The summed E-state index contributed by atoms with van der Waals surface area (Å²) in [5.41, 5.74) is 3.75. The van der Waals surface area contributed by atoms with Gasteiger partial charge in [-0.1, -0.05) is 72.3 Å². The van der Waals surface area contributed by atoms with E-state index in [1.54, 1.807) is 12.1 Å². The van der Waals surface area contributed by atoms with E-state index in [0.717, 1.165) is 33.5 Å². The monoisotopic (exact) mass is 486 g/mol. The molecule has 4 aromatic carbocycles. The highest BCUT2D eigenvalue weighted by molar-refractivity contribution is 7.92. The number of nitrogens with one attached hydrogen (secondary N) is 2. The van der Waals surface area contributed by atoms with Gasteiger partial charge in [0.1, 0.15) is 0 Å². The fourth-order valence-corrected chi connectivity index (χ4v) is 6.50. The van der Waals surface area contributed by atoms with Gasteiger partial charge in [0.25, 0.3) is 10.0 Å². The first kappa shape index (κ1) is 21.3. The standard InChI is InChI=1S/C28H23ClN2O2S/c29-20-13-11-19(12-14-20)28-24-9-4-8-23(24)25-17-21(15-16-26(25)30-28)34(32,33)31-27-10-3-6-18-5-1-2-7-22(18)27/h1-8,10-17,23-24,28,30-31H,9H2/t23-,24+,28+/m0/s1. The van der Waals surface area contributed by atoms with Gasteiger partial charge in [0.05, 0.1) is 16.6 Å². The van der Waals surface area contributed by atoms with E-state index in [0.29, 0.717) is 11.6 Å². The lowest BCUT2D eigenvalue weighted by atomic mass is 9.77. The number of anilines is 2. The van der Waals surface area contributed by atoms with E-state index in [1.807, 2.05) is 60.7 Å². The molecule has 0 saturated heterocycles. The highest BCUT2D eigenvalue weighted by atomic mass is 35.5. The van der Waals surface area contributed by atoms with Crippen LogP contribution in [-0.4, -0.2) is 8.42 Å². The maximum Gasteiger partial charge on any atom is 0.261 e. The molecule has 1 aliphatic carbocycles. The Hall–Kier alpha value is -3.28. The van der Waals surface area contributed by atoms with Gasteiger partial charge in [-0.05, 0) is 65.3 Å². The first-order valence-corrected chi connectivity index (χ1v) is 13.2. The molecule has 0 saturated carbocycles. The smallest absolute Gasteiger partial charge is 0.261 e.